The second kappa shape index (κ2) is 6.76. The van der Waals surface area contributed by atoms with Gasteiger partial charge in [0.2, 0.25) is 5.91 Å². The molecule has 5 heteroatoms. The highest BCUT2D eigenvalue weighted by Gasteiger charge is 2.26. The summed E-state index contributed by atoms with van der Waals surface area (Å²) in [5, 5.41) is 9.57. The molecule has 2 rings (SSSR count). The molecule has 0 bridgehead atoms. The van der Waals surface area contributed by atoms with Crippen LogP contribution in [-0.2, 0) is 9.59 Å². The standard InChI is InChI=1S/C16H18ClNO3/c1-11(13-4-2-3-5-14(13)17)10-15(19)18-8-6-12(7-9-18)16(20)21/h2-5,10,12H,6-9H2,1H3,(H,20,21)/b11-10+. The van der Waals surface area contributed by atoms with Gasteiger partial charge in [-0.2, -0.15) is 0 Å². The van der Waals surface area contributed by atoms with Crippen molar-refractivity contribution in [1.29, 1.82) is 0 Å². The minimum atomic E-state index is -0.773. The van der Waals surface area contributed by atoms with Gasteiger partial charge in [-0.3, -0.25) is 9.59 Å². The smallest absolute Gasteiger partial charge is 0.306 e. The molecule has 0 atom stereocenters. The maximum absolute atomic E-state index is 12.2. The largest absolute Gasteiger partial charge is 0.481 e. The van der Waals surface area contributed by atoms with E-state index < -0.39 is 5.97 Å². The lowest BCUT2D eigenvalue weighted by Gasteiger charge is -2.29. The number of hydrogen-bond acceptors (Lipinski definition) is 2. The van der Waals surface area contributed by atoms with Crippen molar-refractivity contribution in [3.8, 4) is 0 Å². The van der Waals surface area contributed by atoms with Crippen LogP contribution in [0.4, 0.5) is 0 Å². The number of piperidine rings is 1. The predicted molar refractivity (Wildman–Crippen MR) is 82.0 cm³/mol. The molecule has 1 aromatic rings. The normalized spacial score (nSPS) is 16.9. The summed E-state index contributed by atoms with van der Waals surface area (Å²) in [7, 11) is 0. The van der Waals surface area contributed by atoms with Crippen LogP contribution in [0.5, 0.6) is 0 Å². The second-order valence-electron chi connectivity index (χ2n) is 5.24. The summed E-state index contributed by atoms with van der Waals surface area (Å²) in [6.45, 7) is 2.83. The van der Waals surface area contributed by atoms with Gasteiger partial charge in [0.05, 0.1) is 5.92 Å². The fourth-order valence-electron chi connectivity index (χ4n) is 2.48. The first-order chi connectivity index (χ1) is 9.99. The zero-order valence-corrected chi connectivity index (χ0v) is 12.6. The average molecular weight is 308 g/mol. The molecule has 0 saturated carbocycles. The maximum atomic E-state index is 12.2. The molecule has 0 aromatic heterocycles. The lowest BCUT2D eigenvalue weighted by atomic mass is 9.97. The van der Waals surface area contributed by atoms with E-state index in [-0.39, 0.29) is 11.8 Å². The molecule has 1 N–H and O–H groups in total. The van der Waals surface area contributed by atoms with E-state index >= 15 is 0 Å². The van der Waals surface area contributed by atoms with Crippen molar-refractivity contribution >= 4 is 29.1 Å². The Morgan fingerprint density at radius 2 is 1.90 bits per heavy atom. The predicted octanol–water partition coefficient (Wildman–Crippen LogP) is 3.07. The summed E-state index contributed by atoms with van der Waals surface area (Å²) in [5.74, 6) is -1.19. The van der Waals surface area contributed by atoms with Gasteiger partial charge in [0.25, 0.3) is 0 Å². The van der Waals surface area contributed by atoms with Crippen molar-refractivity contribution in [2.24, 2.45) is 5.92 Å². The zero-order chi connectivity index (χ0) is 15.4. The van der Waals surface area contributed by atoms with E-state index in [4.69, 9.17) is 16.7 Å². The van der Waals surface area contributed by atoms with E-state index in [1.54, 1.807) is 17.0 Å². The highest BCUT2D eigenvalue weighted by molar-refractivity contribution is 6.32. The lowest BCUT2D eigenvalue weighted by Crippen LogP contribution is -2.39. The Kier molecular flexibility index (Phi) is 5.02. The third-order valence-electron chi connectivity index (χ3n) is 3.79. The SMILES string of the molecule is C/C(=C\C(=O)N1CCC(C(=O)O)CC1)c1ccccc1Cl. The Bertz CT molecular complexity index is 575. The number of carbonyl (C=O) groups excluding carboxylic acids is 1. The molecule has 1 saturated heterocycles. The van der Waals surface area contributed by atoms with Crippen LogP contribution in [0.15, 0.2) is 30.3 Å². The van der Waals surface area contributed by atoms with Crippen molar-refractivity contribution in [2.45, 2.75) is 19.8 Å². The van der Waals surface area contributed by atoms with Gasteiger partial charge in [-0.05, 0) is 37.0 Å². The first kappa shape index (κ1) is 15.6. The monoisotopic (exact) mass is 307 g/mol. The Morgan fingerprint density at radius 1 is 1.29 bits per heavy atom. The number of carboxylic acids is 1. The second-order valence-corrected chi connectivity index (χ2v) is 5.65. The molecule has 0 unspecified atom stereocenters. The molecule has 0 radical (unpaired) electrons. The van der Waals surface area contributed by atoms with Crippen LogP contribution < -0.4 is 0 Å². The van der Waals surface area contributed by atoms with E-state index in [9.17, 15) is 9.59 Å². The fourth-order valence-corrected chi connectivity index (χ4v) is 2.77. The fraction of sp³-hybridized carbons (Fsp3) is 0.375. The molecule has 1 aromatic carbocycles. The Morgan fingerprint density at radius 3 is 2.48 bits per heavy atom. The van der Waals surface area contributed by atoms with Crippen LogP contribution in [-0.4, -0.2) is 35.0 Å². The number of hydrogen-bond donors (Lipinski definition) is 1. The van der Waals surface area contributed by atoms with Crippen LogP contribution in [0.25, 0.3) is 5.57 Å². The Hall–Kier alpha value is -1.81. The third-order valence-corrected chi connectivity index (χ3v) is 4.12. The molecular formula is C16H18ClNO3. The number of nitrogens with zero attached hydrogens (tertiary/aromatic N) is 1. The summed E-state index contributed by atoms with van der Waals surface area (Å²) in [6, 6.07) is 7.38. The summed E-state index contributed by atoms with van der Waals surface area (Å²) >= 11 is 6.11. The topological polar surface area (TPSA) is 57.6 Å². The number of carbonyl (C=O) groups is 2. The van der Waals surface area contributed by atoms with Crippen molar-refractivity contribution in [1.82, 2.24) is 4.90 Å². The minimum Gasteiger partial charge on any atom is -0.481 e. The highest BCUT2D eigenvalue weighted by Crippen LogP contribution is 2.24. The van der Waals surface area contributed by atoms with Crippen LogP contribution in [0.3, 0.4) is 0 Å². The summed E-state index contributed by atoms with van der Waals surface area (Å²) in [6.07, 6.45) is 2.60. The van der Waals surface area contributed by atoms with Crippen molar-refractivity contribution in [3.63, 3.8) is 0 Å². The molecule has 1 heterocycles. The third kappa shape index (κ3) is 3.85. The number of halogens is 1. The van der Waals surface area contributed by atoms with Gasteiger partial charge in [0.15, 0.2) is 0 Å². The number of benzene rings is 1. The van der Waals surface area contributed by atoms with Crippen molar-refractivity contribution in [2.75, 3.05) is 13.1 Å². The van der Waals surface area contributed by atoms with E-state index in [0.29, 0.717) is 31.0 Å². The zero-order valence-electron chi connectivity index (χ0n) is 11.9. The van der Waals surface area contributed by atoms with Gasteiger partial charge in [-0.1, -0.05) is 29.8 Å². The molecule has 4 nitrogen and oxygen atoms in total. The maximum Gasteiger partial charge on any atom is 0.306 e. The number of allylic oxidation sites excluding steroid dienone is 1. The lowest BCUT2D eigenvalue weighted by molar-refractivity contribution is -0.144. The molecule has 1 aliphatic heterocycles. The summed E-state index contributed by atoms with van der Waals surface area (Å²) in [4.78, 5) is 24.8. The van der Waals surface area contributed by atoms with Gasteiger partial charge in [-0.15, -0.1) is 0 Å². The van der Waals surface area contributed by atoms with E-state index in [2.05, 4.69) is 0 Å². The molecule has 1 fully saturated rings. The number of aliphatic carboxylic acids is 1. The van der Waals surface area contributed by atoms with Gasteiger partial charge in [0, 0.05) is 24.2 Å². The first-order valence-electron chi connectivity index (χ1n) is 6.94. The molecule has 112 valence electrons. The van der Waals surface area contributed by atoms with Crippen molar-refractivity contribution in [3.05, 3.63) is 40.9 Å². The molecule has 0 spiro atoms. The highest BCUT2D eigenvalue weighted by atomic mass is 35.5. The minimum absolute atomic E-state index is 0.0868. The molecular weight excluding hydrogens is 290 g/mol. The summed E-state index contributed by atoms with van der Waals surface area (Å²) < 4.78 is 0. The molecule has 1 amide bonds. The Labute approximate surface area is 129 Å². The van der Waals surface area contributed by atoms with E-state index in [1.807, 2.05) is 25.1 Å². The number of carboxylic acid groups (broad SMARTS) is 1. The van der Waals surface area contributed by atoms with Crippen LogP contribution in [0.2, 0.25) is 5.02 Å². The molecule has 0 aliphatic carbocycles. The first-order valence-corrected chi connectivity index (χ1v) is 7.31. The number of amides is 1. The molecule has 21 heavy (non-hydrogen) atoms. The van der Waals surface area contributed by atoms with Gasteiger partial charge >= 0.3 is 5.97 Å². The van der Waals surface area contributed by atoms with Crippen LogP contribution in [0.1, 0.15) is 25.3 Å². The quantitative estimate of drug-likeness (QED) is 0.873. The number of rotatable bonds is 3. The van der Waals surface area contributed by atoms with E-state index in [0.717, 1.165) is 11.1 Å². The van der Waals surface area contributed by atoms with Gasteiger partial charge in [0.1, 0.15) is 0 Å². The average Bonchev–Trinajstić information content (AvgIpc) is 2.47. The van der Waals surface area contributed by atoms with Crippen molar-refractivity contribution < 1.29 is 14.7 Å². The van der Waals surface area contributed by atoms with E-state index in [1.165, 1.54) is 0 Å². The van der Waals surface area contributed by atoms with Crippen LogP contribution in [0, 0.1) is 5.92 Å². The Balaban J connectivity index is 2.03. The van der Waals surface area contributed by atoms with Crippen LogP contribution >= 0.6 is 11.6 Å². The molecule has 1 aliphatic rings. The summed E-state index contributed by atoms with van der Waals surface area (Å²) in [5.41, 5.74) is 1.65. The van der Waals surface area contributed by atoms with Gasteiger partial charge in [-0.25, -0.2) is 0 Å². The van der Waals surface area contributed by atoms with Gasteiger partial charge < -0.3 is 10.0 Å². The number of likely N-dealkylation sites (tertiary alicyclic amines) is 1.